The third kappa shape index (κ3) is 4.50. The van der Waals surface area contributed by atoms with Gasteiger partial charge in [-0.15, -0.1) is 12.4 Å². The van der Waals surface area contributed by atoms with E-state index in [1.54, 1.807) is 0 Å². The van der Waals surface area contributed by atoms with Crippen LogP contribution in [0.25, 0.3) is 0 Å². The van der Waals surface area contributed by atoms with Crippen molar-refractivity contribution in [2.24, 2.45) is 5.92 Å². The van der Waals surface area contributed by atoms with Crippen LogP contribution in [0, 0.1) is 19.8 Å². The second-order valence-corrected chi connectivity index (χ2v) is 5.70. The summed E-state index contributed by atoms with van der Waals surface area (Å²) in [7, 11) is 1.89. The first-order chi connectivity index (χ1) is 9.06. The van der Waals surface area contributed by atoms with Gasteiger partial charge in [-0.3, -0.25) is 4.79 Å². The molecule has 0 saturated carbocycles. The Kier molecular flexibility index (Phi) is 6.50. The van der Waals surface area contributed by atoms with Gasteiger partial charge in [-0.1, -0.05) is 6.07 Å². The predicted octanol–water partition coefficient (Wildman–Crippen LogP) is 3.08. The van der Waals surface area contributed by atoms with Gasteiger partial charge >= 0.3 is 0 Å². The zero-order chi connectivity index (χ0) is 13.8. The van der Waals surface area contributed by atoms with Gasteiger partial charge in [0.15, 0.2) is 0 Å². The van der Waals surface area contributed by atoms with Gasteiger partial charge in [0.25, 0.3) is 0 Å². The average Bonchev–Trinajstić information content (AvgIpc) is 2.37. The second kappa shape index (κ2) is 7.65. The van der Waals surface area contributed by atoms with Crippen molar-refractivity contribution in [2.75, 3.05) is 25.0 Å². The molecule has 1 N–H and O–H groups in total. The molecule has 1 heterocycles. The Balaban J connectivity index is 0.00000200. The van der Waals surface area contributed by atoms with Crippen LogP contribution in [-0.4, -0.2) is 26.0 Å². The van der Waals surface area contributed by atoms with Gasteiger partial charge in [-0.25, -0.2) is 0 Å². The molecule has 0 spiro atoms. The van der Waals surface area contributed by atoms with E-state index in [1.165, 1.54) is 11.1 Å². The first-order valence-corrected chi connectivity index (χ1v) is 7.12. The third-order valence-corrected chi connectivity index (χ3v) is 3.89. The molecule has 20 heavy (non-hydrogen) atoms. The van der Waals surface area contributed by atoms with Crippen molar-refractivity contribution in [2.45, 2.75) is 33.1 Å². The number of nitrogens with zero attached hydrogens (tertiary/aromatic N) is 1. The highest BCUT2D eigenvalue weighted by molar-refractivity contribution is 5.93. The monoisotopic (exact) mass is 296 g/mol. The zero-order valence-electron chi connectivity index (χ0n) is 12.6. The number of nitrogens with one attached hydrogen (secondary N) is 1. The molecule has 1 aromatic carbocycles. The van der Waals surface area contributed by atoms with Gasteiger partial charge in [-0.05, 0) is 69.0 Å². The molecule has 0 bridgehead atoms. The maximum atomic E-state index is 12.3. The molecule has 0 radical (unpaired) electrons. The van der Waals surface area contributed by atoms with Crippen LogP contribution < -0.4 is 10.2 Å². The topological polar surface area (TPSA) is 32.3 Å². The standard InChI is InChI=1S/C16H24N2O.ClH/c1-12-8-13(2)10-15(9-12)18(3)16(19)11-14-4-6-17-7-5-14;/h8-10,14,17H,4-7,11H2,1-3H3;1H. The fraction of sp³-hybridized carbons (Fsp3) is 0.562. The predicted molar refractivity (Wildman–Crippen MR) is 86.8 cm³/mol. The summed E-state index contributed by atoms with van der Waals surface area (Å²) >= 11 is 0. The van der Waals surface area contributed by atoms with Gasteiger partial charge in [0.1, 0.15) is 0 Å². The van der Waals surface area contributed by atoms with E-state index >= 15 is 0 Å². The van der Waals surface area contributed by atoms with Crippen molar-refractivity contribution in [3.05, 3.63) is 29.3 Å². The maximum Gasteiger partial charge on any atom is 0.226 e. The number of hydrogen-bond acceptors (Lipinski definition) is 2. The summed E-state index contributed by atoms with van der Waals surface area (Å²) in [4.78, 5) is 14.1. The number of amides is 1. The van der Waals surface area contributed by atoms with Crippen molar-refractivity contribution < 1.29 is 4.79 Å². The first kappa shape index (κ1) is 17.0. The molecular formula is C16H25ClN2O. The van der Waals surface area contributed by atoms with Crippen LogP contribution in [0.1, 0.15) is 30.4 Å². The summed E-state index contributed by atoms with van der Waals surface area (Å²) < 4.78 is 0. The summed E-state index contributed by atoms with van der Waals surface area (Å²) in [6.45, 7) is 6.24. The van der Waals surface area contributed by atoms with E-state index in [2.05, 4.69) is 37.4 Å². The minimum absolute atomic E-state index is 0. The SMILES string of the molecule is Cc1cc(C)cc(N(C)C(=O)CC2CCNCC2)c1.Cl. The van der Waals surface area contributed by atoms with Crippen molar-refractivity contribution in [1.29, 1.82) is 0 Å². The van der Waals surface area contributed by atoms with Gasteiger partial charge in [0.05, 0.1) is 0 Å². The number of rotatable bonds is 3. The zero-order valence-corrected chi connectivity index (χ0v) is 13.4. The second-order valence-electron chi connectivity index (χ2n) is 5.70. The van der Waals surface area contributed by atoms with Gasteiger partial charge in [0.2, 0.25) is 5.91 Å². The lowest BCUT2D eigenvalue weighted by molar-refractivity contribution is -0.119. The smallest absolute Gasteiger partial charge is 0.226 e. The molecule has 0 aliphatic carbocycles. The van der Waals surface area contributed by atoms with Crippen molar-refractivity contribution in [3.63, 3.8) is 0 Å². The number of halogens is 1. The summed E-state index contributed by atoms with van der Waals surface area (Å²) in [5.41, 5.74) is 3.42. The van der Waals surface area contributed by atoms with Crippen molar-refractivity contribution in [1.82, 2.24) is 5.32 Å². The molecule has 1 aliphatic heterocycles. The van der Waals surface area contributed by atoms with Crippen molar-refractivity contribution >= 4 is 24.0 Å². The molecule has 1 aliphatic rings. The van der Waals surface area contributed by atoms with Crippen LogP contribution in [0.15, 0.2) is 18.2 Å². The number of carbonyl (C=O) groups excluding carboxylic acids is 1. The van der Waals surface area contributed by atoms with E-state index in [0.29, 0.717) is 12.3 Å². The molecule has 1 fully saturated rings. The molecule has 1 aromatic rings. The van der Waals surface area contributed by atoms with E-state index in [0.717, 1.165) is 31.6 Å². The molecule has 3 nitrogen and oxygen atoms in total. The van der Waals surface area contributed by atoms with E-state index in [-0.39, 0.29) is 18.3 Å². The number of benzene rings is 1. The Bertz CT molecular complexity index is 436. The fourth-order valence-electron chi connectivity index (χ4n) is 2.76. The maximum absolute atomic E-state index is 12.3. The lowest BCUT2D eigenvalue weighted by Crippen LogP contribution is -2.33. The fourth-order valence-corrected chi connectivity index (χ4v) is 2.76. The molecule has 1 amide bonds. The highest BCUT2D eigenvalue weighted by Crippen LogP contribution is 2.21. The number of piperidine rings is 1. The van der Waals surface area contributed by atoms with Gasteiger partial charge in [0, 0.05) is 19.2 Å². The molecule has 112 valence electrons. The molecule has 0 aromatic heterocycles. The lowest BCUT2D eigenvalue weighted by Gasteiger charge is -2.25. The van der Waals surface area contributed by atoms with E-state index in [9.17, 15) is 4.79 Å². The largest absolute Gasteiger partial charge is 0.317 e. The summed E-state index contributed by atoms with van der Waals surface area (Å²) in [5, 5.41) is 3.34. The summed E-state index contributed by atoms with van der Waals surface area (Å²) in [5.74, 6) is 0.777. The highest BCUT2D eigenvalue weighted by Gasteiger charge is 2.19. The molecule has 2 rings (SSSR count). The molecule has 1 saturated heterocycles. The van der Waals surface area contributed by atoms with Crippen LogP contribution in [-0.2, 0) is 4.79 Å². The Labute approximate surface area is 128 Å². The Hall–Kier alpha value is -1.06. The molecular weight excluding hydrogens is 272 g/mol. The van der Waals surface area contributed by atoms with Crippen LogP contribution in [0.4, 0.5) is 5.69 Å². The van der Waals surface area contributed by atoms with Crippen molar-refractivity contribution in [3.8, 4) is 0 Å². The van der Waals surface area contributed by atoms with E-state index in [4.69, 9.17) is 0 Å². The Morgan fingerprint density at radius 2 is 1.75 bits per heavy atom. The van der Waals surface area contributed by atoms with Gasteiger partial charge in [-0.2, -0.15) is 0 Å². The average molecular weight is 297 g/mol. The third-order valence-electron chi connectivity index (χ3n) is 3.89. The number of anilines is 1. The minimum atomic E-state index is 0. The number of aryl methyl sites for hydroxylation is 2. The minimum Gasteiger partial charge on any atom is -0.317 e. The summed E-state index contributed by atoms with van der Waals surface area (Å²) in [6.07, 6.45) is 2.91. The lowest BCUT2D eigenvalue weighted by atomic mass is 9.94. The number of hydrogen-bond donors (Lipinski definition) is 1. The quantitative estimate of drug-likeness (QED) is 0.930. The normalized spacial score (nSPS) is 15.6. The van der Waals surface area contributed by atoms with E-state index < -0.39 is 0 Å². The van der Waals surface area contributed by atoms with Crippen LogP contribution in [0.3, 0.4) is 0 Å². The molecule has 0 atom stereocenters. The van der Waals surface area contributed by atoms with Crippen LogP contribution >= 0.6 is 12.4 Å². The van der Waals surface area contributed by atoms with Crippen LogP contribution in [0.2, 0.25) is 0 Å². The highest BCUT2D eigenvalue weighted by atomic mass is 35.5. The van der Waals surface area contributed by atoms with Crippen LogP contribution in [0.5, 0.6) is 0 Å². The first-order valence-electron chi connectivity index (χ1n) is 7.12. The number of carbonyl (C=O) groups is 1. The Morgan fingerprint density at radius 3 is 2.30 bits per heavy atom. The molecule has 0 unspecified atom stereocenters. The van der Waals surface area contributed by atoms with E-state index in [1.807, 2.05) is 11.9 Å². The summed E-state index contributed by atoms with van der Waals surface area (Å²) in [6, 6.07) is 6.29. The molecule has 4 heteroatoms. The Morgan fingerprint density at radius 1 is 1.20 bits per heavy atom. The van der Waals surface area contributed by atoms with Gasteiger partial charge < -0.3 is 10.2 Å².